The molecule has 0 fully saturated rings. The number of nitrogens with zero attached hydrogens (tertiary/aromatic N) is 3. The lowest BCUT2D eigenvalue weighted by molar-refractivity contribution is 0.185. The van der Waals surface area contributed by atoms with Crippen LogP contribution in [-0.2, 0) is 11.3 Å². The van der Waals surface area contributed by atoms with Gasteiger partial charge in [0.2, 0.25) is 0 Å². The van der Waals surface area contributed by atoms with E-state index in [0.29, 0.717) is 12.3 Å². The Bertz CT molecular complexity index is 343. The van der Waals surface area contributed by atoms with E-state index < -0.39 is 0 Å². The second-order valence-corrected chi connectivity index (χ2v) is 2.71. The highest BCUT2D eigenvalue weighted by Gasteiger charge is 2.01. The van der Waals surface area contributed by atoms with Crippen molar-refractivity contribution in [1.82, 2.24) is 0 Å². The zero-order valence-corrected chi connectivity index (χ0v) is 7.69. The first-order valence-electron chi connectivity index (χ1n) is 3.92. The van der Waals surface area contributed by atoms with Crippen LogP contribution in [0.1, 0.15) is 11.1 Å². The van der Waals surface area contributed by atoms with Crippen LogP contribution in [0.15, 0.2) is 23.3 Å². The average molecular weight is 177 g/mol. The van der Waals surface area contributed by atoms with Crippen LogP contribution in [0.25, 0.3) is 10.4 Å². The predicted octanol–water partition coefficient (Wildman–Crippen LogP) is 3.08. The summed E-state index contributed by atoms with van der Waals surface area (Å²) in [6, 6.07) is 5.71. The molecule has 0 amide bonds. The normalized spacial score (nSPS) is 9.38. The molecule has 0 N–H and O–H groups in total. The molecule has 0 radical (unpaired) electrons. The fourth-order valence-electron chi connectivity index (χ4n) is 1.18. The third-order valence-corrected chi connectivity index (χ3v) is 1.77. The number of hydrogen-bond acceptors (Lipinski definition) is 2. The summed E-state index contributed by atoms with van der Waals surface area (Å²) in [6.07, 6.45) is 0. The molecule has 0 unspecified atom stereocenters. The summed E-state index contributed by atoms with van der Waals surface area (Å²) in [5.74, 6) is 0. The van der Waals surface area contributed by atoms with Gasteiger partial charge in [-0.15, -0.1) is 0 Å². The van der Waals surface area contributed by atoms with Crippen LogP contribution in [0.4, 0.5) is 5.69 Å². The van der Waals surface area contributed by atoms with Gasteiger partial charge in [0.25, 0.3) is 0 Å². The predicted molar refractivity (Wildman–Crippen MR) is 50.7 cm³/mol. The van der Waals surface area contributed by atoms with Crippen LogP contribution in [0.2, 0.25) is 0 Å². The van der Waals surface area contributed by atoms with Gasteiger partial charge in [0.15, 0.2) is 0 Å². The highest BCUT2D eigenvalue weighted by atomic mass is 16.5. The van der Waals surface area contributed by atoms with E-state index in [1.165, 1.54) is 0 Å². The minimum atomic E-state index is 0.468. The summed E-state index contributed by atoms with van der Waals surface area (Å²) in [6.45, 7) is 2.37. The molecule has 0 saturated carbocycles. The molecule has 4 heteroatoms. The quantitative estimate of drug-likeness (QED) is 0.397. The highest BCUT2D eigenvalue weighted by molar-refractivity contribution is 5.51. The number of rotatable bonds is 3. The fourth-order valence-corrected chi connectivity index (χ4v) is 1.18. The second kappa shape index (κ2) is 4.50. The van der Waals surface area contributed by atoms with Crippen molar-refractivity contribution < 1.29 is 4.74 Å². The third kappa shape index (κ3) is 2.21. The van der Waals surface area contributed by atoms with Crippen LogP contribution in [0.3, 0.4) is 0 Å². The molecule has 0 aromatic heterocycles. The lowest BCUT2D eigenvalue weighted by Crippen LogP contribution is -1.89. The molecule has 4 nitrogen and oxygen atoms in total. The van der Waals surface area contributed by atoms with Crippen molar-refractivity contribution in [3.05, 3.63) is 39.8 Å². The number of aryl methyl sites for hydroxylation is 1. The summed E-state index contributed by atoms with van der Waals surface area (Å²) in [5.41, 5.74) is 10.9. The minimum absolute atomic E-state index is 0.468. The summed E-state index contributed by atoms with van der Waals surface area (Å²) < 4.78 is 4.99. The SMILES string of the molecule is COCc1cccc(C)c1N=[N+]=[N-]. The molecule has 0 heterocycles. The summed E-state index contributed by atoms with van der Waals surface area (Å²) in [4.78, 5) is 2.78. The third-order valence-electron chi connectivity index (χ3n) is 1.77. The molecule has 1 rings (SSSR count). The van der Waals surface area contributed by atoms with Gasteiger partial charge in [-0.2, -0.15) is 0 Å². The summed E-state index contributed by atoms with van der Waals surface area (Å²) >= 11 is 0. The average Bonchev–Trinajstić information content (AvgIpc) is 2.11. The van der Waals surface area contributed by atoms with E-state index in [0.717, 1.165) is 11.1 Å². The number of azide groups is 1. The molecule has 1 aromatic carbocycles. The molecule has 0 bridgehead atoms. The molecule has 0 aliphatic heterocycles. The summed E-state index contributed by atoms with van der Waals surface area (Å²) in [5, 5.41) is 3.63. The molecule has 0 saturated heterocycles. The largest absolute Gasteiger partial charge is 0.380 e. The first kappa shape index (κ1) is 9.58. The topological polar surface area (TPSA) is 58.0 Å². The Labute approximate surface area is 76.8 Å². The number of methoxy groups -OCH3 is 1. The van der Waals surface area contributed by atoms with Crippen molar-refractivity contribution in [2.75, 3.05) is 7.11 Å². The molecule has 0 aliphatic rings. The van der Waals surface area contributed by atoms with Crippen molar-refractivity contribution in [2.45, 2.75) is 13.5 Å². The molecule has 0 aliphatic carbocycles. The van der Waals surface area contributed by atoms with Gasteiger partial charge in [0.1, 0.15) is 0 Å². The molecule has 0 atom stereocenters. The van der Waals surface area contributed by atoms with E-state index in [-0.39, 0.29) is 0 Å². The van der Waals surface area contributed by atoms with E-state index in [2.05, 4.69) is 10.0 Å². The van der Waals surface area contributed by atoms with E-state index in [4.69, 9.17) is 10.3 Å². The molecule has 13 heavy (non-hydrogen) atoms. The van der Waals surface area contributed by atoms with Crippen LogP contribution in [0, 0.1) is 6.92 Å². The zero-order valence-electron chi connectivity index (χ0n) is 7.69. The van der Waals surface area contributed by atoms with Crippen molar-refractivity contribution in [1.29, 1.82) is 0 Å². The van der Waals surface area contributed by atoms with Gasteiger partial charge < -0.3 is 4.74 Å². The molecule has 1 aromatic rings. The van der Waals surface area contributed by atoms with E-state index in [9.17, 15) is 0 Å². The van der Waals surface area contributed by atoms with E-state index in [1.807, 2.05) is 25.1 Å². The maximum absolute atomic E-state index is 8.35. The van der Waals surface area contributed by atoms with Crippen LogP contribution >= 0.6 is 0 Å². The Hall–Kier alpha value is -1.51. The first-order valence-corrected chi connectivity index (χ1v) is 3.92. The Kier molecular flexibility index (Phi) is 3.31. The van der Waals surface area contributed by atoms with Crippen LogP contribution < -0.4 is 0 Å². The van der Waals surface area contributed by atoms with Gasteiger partial charge in [-0.3, -0.25) is 0 Å². The Balaban J connectivity index is 3.16. The smallest absolute Gasteiger partial charge is 0.0717 e. The highest BCUT2D eigenvalue weighted by Crippen LogP contribution is 2.24. The van der Waals surface area contributed by atoms with Gasteiger partial charge >= 0.3 is 0 Å². The number of benzene rings is 1. The fraction of sp³-hybridized carbons (Fsp3) is 0.333. The minimum Gasteiger partial charge on any atom is -0.380 e. The van der Waals surface area contributed by atoms with Gasteiger partial charge in [0.05, 0.1) is 6.61 Å². The van der Waals surface area contributed by atoms with E-state index >= 15 is 0 Å². The Morgan fingerprint density at radius 2 is 2.31 bits per heavy atom. The first-order chi connectivity index (χ1) is 6.29. The van der Waals surface area contributed by atoms with Crippen molar-refractivity contribution in [3.8, 4) is 0 Å². The van der Waals surface area contributed by atoms with Crippen molar-refractivity contribution in [2.24, 2.45) is 5.11 Å². The maximum atomic E-state index is 8.35. The lowest BCUT2D eigenvalue weighted by Gasteiger charge is -2.05. The van der Waals surface area contributed by atoms with Gasteiger partial charge in [-0.1, -0.05) is 23.3 Å². The lowest BCUT2D eigenvalue weighted by atomic mass is 10.1. The zero-order chi connectivity index (χ0) is 9.68. The number of ether oxygens (including phenoxy) is 1. The summed E-state index contributed by atoms with van der Waals surface area (Å²) in [7, 11) is 1.61. The maximum Gasteiger partial charge on any atom is 0.0717 e. The molecule has 68 valence electrons. The van der Waals surface area contributed by atoms with E-state index in [1.54, 1.807) is 7.11 Å². The van der Waals surface area contributed by atoms with Crippen molar-refractivity contribution in [3.63, 3.8) is 0 Å². The molecular weight excluding hydrogens is 166 g/mol. The van der Waals surface area contributed by atoms with Gasteiger partial charge in [-0.25, -0.2) is 0 Å². The number of hydrogen-bond donors (Lipinski definition) is 0. The standard InChI is InChI=1S/C9H11N3O/c1-7-4-3-5-8(6-13-2)9(7)11-12-10/h3-5H,6H2,1-2H3. The molecule has 0 spiro atoms. The second-order valence-electron chi connectivity index (χ2n) is 2.71. The van der Waals surface area contributed by atoms with Gasteiger partial charge in [0, 0.05) is 17.7 Å². The Morgan fingerprint density at radius 1 is 1.54 bits per heavy atom. The molecular formula is C9H11N3O. The monoisotopic (exact) mass is 177 g/mol. The van der Waals surface area contributed by atoms with Crippen LogP contribution in [0.5, 0.6) is 0 Å². The van der Waals surface area contributed by atoms with Crippen molar-refractivity contribution >= 4 is 5.69 Å². The van der Waals surface area contributed by atoms with Crippen LogP contribution in [-0.4, -0.2) is 7.11 Å². The van der Waals surface area contributed by atoms with Gasteiger partial charge in [-0.05, 0) is 23.6 Å². The Morgan fingerprint density at radius 3 is 2.92 bits per heavy atom.